The summed E-state index contributed by atoms with van der Waals surface area (Å²) >= 11 is 0. The third-order valence-corrected chi connectivity index (χ3v) is 5.84. The number of hydrogen-bond donors (Lipinski definition) is 1. The summed E-state index contributed by atoms with van der Waals surface area (Å²) in [7, 11) is 1.65. The second-order valence-electron chi connectivity index (χ2n) is 7.58. The molecule has 29 heavy (non-hydrogen) atoms. The van der Waals surface area contributed by atoms with Gasteiger partial charge in [-0.1, -0.05) is 24.3 Å². The molecule has 146 valence electrons. The molecule has 1 aromatic heterocycles. The van der Waals surface area contributed by atoms with E-state index >= 15 is 0 Å². The number of rotatable bonds is 3. The number of benzene rings is 2. The number of carbonyl (C=O) groups is 1. The number of methoxy groups -OCH3 is 1. The molecule has 1 saturated carbocycles. The summed E-state index contributed by atoms with van der Waals surface area (Å²) in [5.41, 5.74) is 3.78. The van der Waals surface area contributed by atoms with Crippen LogP contribution in [-0.4, -0.2) is 18.6 Å². The van der Waals surface area contributed by atoms with Crippen LogP contribution in [0, 0.1) is 5.92 Å². The summed E-state index contributed by atoms with van der Waals surface area (Å²) in [4.78, 5) is 18.3. The van der Waals surface area contributed by atoms with E-state index in [0.717, 1.165) is 34.2 Å². The molecule has 2 aromatic carbocycles. The molecule has 5 heteroatoms. The average molecular weight is 386 g/mol. The minimum absolute atomic E-state index is 0.0364. The van der Waals surface area contributed by atoms with Crippen molar-refractivity contribution >= 4 is 22.9 Å². The van der Waals surface area contributed by atoms with Crippen molar-refractivity contribution in [1.82, 2.24) is 0 Å². The average Bonchev–Trinajstić information content (AvgIpc) is 3.23. The summed E-state index contributed by atoms with van der Waals surface area (Å²) < 4.78 is 10.9. The fraction of sp³-hybridized carbons (Fsp3) is 0.250. The van der Waals surface area contributed by atoms with Gasteiger partial charge in [-0.25, -0.2) is 0 Å². The summed E-state index contributed by atoms with van der Waals surface area (Å²) in [6.45, 7) is 0. The molecule has 1 aliphatic heterocycles. The number of nitrogens with zero attached hydrogens (tertiary/aromatic N) is 1. The first-order valence-corrected chi connectivity index (χ1v) is 9.86. The zero-order chi connectivity index (χ0) is 19.8. The number of carbonyl (C=O) groups excluding carboxylic acids is 1. The van der Waals surface area contributed by atoms with Crippen LogP contribution in [-0.2, 0) is 4.79 Å². The number of fused-ring (bicyclic) bond motifs is 2. The summed E-state index contributed by atoms with van der Waals surface area (Å²) in [5.74, 6) is 1.57. The van der Waals surface area contributed by atoms with Crippen molar-refractivity contribution in [3.63, 3.8) is 0 Å². The minimum Gasteiger partial charge on any atom is -0.497 e. The molecule has 3 atom stereocenters. The first-order valence-electron chi connectivity index (χ1n) is 9.86. The smallest absolute Gasteiger partial charge is 0.144 e. The van der Waals surface area contributed by atoms with Gasteiger partial charge in [0, 0.05) is 18.1 Å². The maximum atomic E-state index is 13.4. The number of nitrogens with one attached hydrogen (secondary N) is 1. The highest BCUT2D eigenvalue weighted by Gasteiger charge is 2.42. The summed E-state index contributed by atoms with van der Waals surface area (Å²) in [5, 5.41) is 3.59. The van der Waals surface area contributed by atoms with Gasteiger partial charge in [0.15, 0.2) is 0 Å². The largest absolute Gasteiger partial charge is 0.497 e. The van der Waals surface area contributed by atoms with E-state index in [2.05, 4.69) is 5.32 Å². The van der Waals surface area contributed by atoms with Gasteiger partial charge >= 0.3 is 0 Å². The number of anilines is 1. The van der Waals surface area contributed by atoms with Gasteiger partial charge in [0.1, 0.15) is 17.3 Å². The first kappa shape index (κ1) is 17.7. The predicted octanol–water partition coefficient (Wildman–Crippen LogP) is 5.29. The number of ketones is 1. The Morgan fingerprint density at radius 1 is 1.03 bits per heavy atom. The number of aliphatic imine (C=N–C) groups is 1. The lowest BCUT2D eigenvalue weighted by molar-refractivity contribution is -0.122. The molecular formula is C24H22N2O3. The van der Waals surface area contributed by atoms with Gasteiger partial charge in [-0.15, -0.1) is 0 Å². The molecule has 5 nitrogen and oxygen atoms in total. The van der Waals surface area contributed by atoms with Crippen LogP contribution in [0.1, 0.15) is 36.1 Å². The number of para-hydroxylation sites is 2. The Hall–Kier alpha value is -3.34. The minimum atomic E-state index is -0.304. The molecule has 5 rings (SSSR count). The molecule has 1 fully saturated rings. The second kappa shape index (κ2) is 7.24. The maximum absolute atomic E-state index is 13.4. The fourth-order valence-corrected chi connectivity index (χ4v) is 4.41. The Morgan fingerprint density at radius 3 is 2.62 bits per heavy atom. The standard InChI is InChI=1S/C24H22N2O3/c1-28-17-10-8-15(9-11-17)24-23-20(25-18-5-2-3-6-19(18)26-24)13-16(14-21(23)27)22-7-4-12-29-22/h2-12,16,23-24,26H,13-14H2,1H3/t16-,23-,24-/m0/s1. The fourth-order valence-electron chi connectivity index (χ4n) is 4.41. The van der Waals surface area contributed by atoms with Gasteiger partial charge in [0.05, 0.1) is 36.7 Å². The lowest BCUT2D eigenvalue weighted by Gasteiger charge is -2.33. The molecule has 0 radical (unpaired) electrons. The number of ether oxygens (including phenoxy) is 1. The van der Waals surface area contributed by atoms with Gasteiger partial charge < -0.3 is 14.5 Å². The van der Waals surface area contributed by atoms with Crippen molar-refractivity contribution in [2.75, 3.05) is 12.4 Å². The molecule has 0 unspecified atom stereocenters. The van der Waals surface area contributed by atoms with E-state index in [1.165, 1.54) is 0 Å². The highest BCUT2D eigenvalue weighted by Crippen LogP contribution is 2.44. The van der Waals surface area contributed by atoms with Crippen molar-refractivity contribution in [3.8, 4) is 5.75 Å². The topological polar surface area (TPSA) is 63.8 Å². The van der Waals surface area contributed by atoms with Gasteiger partial charge in [-0.05, 0) is 48.4 Å². The Kier molecular flexibility index (Phi) is 4.43. The quantitative estimate of drug-likeness (QED) is 0.664. The number of Topliss-reactive ketones (excluding diaryl/α,β-unsaturated/α-hetero) is 1. The van der Waals surface area contributed by atoms with Crippen molar-refractivity contribution in [2.45, 2.75) is 24.8 Å². The lowest BCUT2D eigenvalue weighted by Crippen LogP contribution is -2.38. The van der Waals surface area contributed by atoms with Gasteiger partial charge in [-0.2, -0.15) is 0 Å². The van der Waals surface area contributed by atoms with Crippen molar-refractivity contribution < 1.29 is 13.9 Å². The molecule has 1 aliphatic carbocycles. The second-order valence-corrected chi connectivity index (χ2v) is 7.58. The highest BCUT2D eigenvalue weighted by molar-refractivity contribution is 6.10. The van der Waals surface area contributed by atoms with Crippen LogP contribution in [0.15, 0.2) is 76.3 Å². The molecule has 0 spiro atoms. The molecule has 0 bridgehead atoms. The van der Waals surface area contributed by atoms with Gasteiger partial charge in [0.25, 0.3) is 0 Å². The van der Waals surface area contributed by atoms with Crippen LogP contribution >= 0.6 is 0 Å². The Morgan fingerprint density at radius 2 is 1.86 bits per heavy atom. The van der Waals surface area contributed by atoms with Crippen LogP contribution in [0.5, 0.6) is 5.75 Å². The van der Waals surface area contributed by atoms with Crippen LogP contribution < -0.4 is 10.1 Å². The third-order valence-electron chi connectivity index (χ3n) is 5.84. The Bertz CT molecular complexity index is 1050. The van der Waals surface area contributed by atoms with Crippen LogP contribution in [0.4, 0.5) is 11.4 Å². The van der Waals surface area contributed by atoms with Crippen molar-refractivity contribution in [3.05, 3.63) is 78.3 Å². The molecule has 1 N–H and O–H groups in total. The molecular weight excluding hydrogens is 364 g/mol. The molecule has 2 heterocycles. The maximum Gasteiger partial charge on any atom is 0.144 e. The molecule has 0 saturated heterocycles. The Labute approximate surface area is 169 Å². The van der Waals surface area contributed by atoms with E-state index < -0.39 is 0 Å². The third kappa shape index (κ3) is 3.23. The van der Waals surface area contributed by atoms with Crippen molar-refractivity contribution in [1.29, 1.82) is 0 Å². The normalized spacial score (nSPS) is 23.3. The van der Waals surface area contributed by atoms with E-state index in [0.29, 0.717) is 12.8 Å². The summed E-state index contributed by atoms with van der Waals surface area (Å²) in [6.07, 6.45) is 2.84. The SMILES string of the molecule is COc1ccc([C@@H]2Nc3ccccc3N=C3C[C@H](c4ccco4)CC(=O)[C@H]32)cc1. The van der Waals surface area contributed by atoms with E-state index in [9.17, 15) is 4.79 Å². The lowest BCUT2D eigenvalue weighted by atomic mass is 9.73. The predicted molar refractivity (Wildman–Crippen MR) is 112 cm³/mol. The van der Waals surface area contributed by atoms with E-state index in [1.54, 1.807) is 13.4 Å². The van der Waals surface area contributed by atoms with Crippen LogP contribution in [0.2, 0.25) is 0 Å². The van der Waals surface area contributed by atoms with Crippen LogP contribution in [0.3, 0.4) is 0 Å². The van der Waals surface area contributed by atoms with Crippen LogP contribution in [0.25, 0.3) is 0 Å². The number of furan rings is 1. The zero-order valence-corrected chi connectivity index (χ0v) is 16.2. The van der Waals surface area contributed by atoms with Gasteiger partial charge in [-0.3, -0.25) is 9.79 Å². The number of hydrogen-bond acceptors (Lipinski definition) is 5. The van der Waals surface area contributed by atoms with E-state index in [-0.39, 0.29) is 23.7 Å². The monoisotopic (exact) mass is 386 g/mol. The van der Waals surface area contributed by atoms with E-state index in [4.69, 9.17) is 14.1 Å². The molecule has 0 amide bonds. The van der Waals surface area contributed by atoms with E-state index in [1.807, 2.05) is 60.7 Å². The first-order chi connectivity index (χ1) is 14.2. The molecule has 3 aromatic rings. The zero-order valence-electron chi connectivity index (χ0n) is 16.2. The molecule has 2 aliphatic rings. The highest BCUT2D eigenvalue weighted by atomic mass is 16.5. The van der Waals surface area contributed by atoms with Crippen molar-refractivity contribution in [2.24, 2.45) is 10.9 Å². The summed E-state index contributed by atoms with van der Waals surface area (Å²) in [6, 6.07) is 19.5. The Balaban J connectivity index is 1.58. The van der Waals surface area contributed by atoms with Gasteiger partial charge in [0.2, 0.25) is 0 Å².